The van der Waals surface area contributed by atoms with Gasteiger partial charge in [0, 0.05) is 6.42 Å². The number of likely N-dealkylation sites (N-methyl/N-ethyl adjacent to an activating group) is 1. The zero-order valence-corrected chi connectivity index (χ0v) is 45.1. The number of aliphatic hydroxyl groups is 1. The molecule has 0 radical (unpaired) electrons. The third-order valence-corrected chi connectivity index (χ3v) is 13.5. The minimum atomic E-state index is -4.36. The van der Waals surface area contributed by atoms with Crippen LogP contribution in [0.3, 0.4) is 0 Å². The summed E-state index contributed by atoms with van der Waals surface area (Å²) in [4.78, 5) is 23.3. The largest absolute Gasteiger partial charge is 0.472 e. The number of amides is 1. The van der Waals surface area contributed by atoms with E-state index in [1.54, 1.807) is 6.08 Å². The van der Waals surface area contributed by atoms with Gasteiger partial charge in [-0.2, -0.15) is 0 Å². The SMILES string of the molecule is CCCCCCC/C=C\C/C=C\CCCCCCCCCCCC(=O)NC(COP(=O)(O)OCC[N+](C)(C)C)C(O)/C=C/CC/C=C/CCCCCCCCCCCCCCCCCCC. The van der Waals surface area contributed by atoms with Crippen molar-refractivity contribution in [3.8, 4) is 0 Å². The lowest BCUT2D eigenvalue weighted by Crippen LogP contribution is -2.45. The van der Waals surface area contributed by atoms with Crippen molar-refractivity contribution in [3.05, 3.63) is 48.6 Å². The van der Waals surface area contributed by atoms with Crippen LogP contribution in [0.25, 0.3) is 0 Å². The molecule has 0 aromatic carbocycles. The topological polar surface area (TPSA) is 105 Å². The molecular weight excluding hydrogens is 840 g/mol. The van der Waals surface area contributed by atoms with Crippen LogP contribution >= 0.6 is 7.82 Å². The Labute approximate surface area is 409 Å². The van der Waals surface area contributed by atoms with E-state index in [4.69, 9.17) is 9.05 Å². The second-order valence-electron chi connectivity index (χ2n) is 20.3. The number of quaternary nitrogens is 1. The number of hydrogen-bond donors (Lipinski definition) is 3. The number of unbranched alkanes of at least 4 members (excludes halogenated alkanes) is 32. The lowest BCUT2D eigenvalue weighted by atomic mass is 10.0. The maximum Gasteiger partial charge on any atom is 0.472 e. The molecule has 0 aliphatic heterocycles. The van der Waals surface area contributed by atoms with Gasteiger partial charge in [0.25, 0.3) is 0 Å². The van der Waals surface area contributed by atoms with Crippen molar-refractivity contribution < 1.29 is 32.9 Å². The predicted octanol–water partition coefficient (Wildman–Crippen LogP) is 16.8. The van der Waals surface area contributed by atoms with Crippen molar-refractivity contribution in [1.29, 1.82) is 0 Å². The van der Waals surface area contributed by atoms with Crippen molar-refractivity contribution >= 4 is 13.7 Å². The van der Waals surface area contributed by atoms with E-state index in [1.807, 2.05) is 27.2 Å². The van der Waals surface area contributed by atoms with Crippen LogP contribution in [0.15, 0.2) is 48.6 Å². The number of nitrogens with one attached hydrogen (secondary N) is 1. The maximum absolute atomic E-state index is 13.0. The van der Waals surface area contributed by atoms with Crippen LogP contribution in [0.5, 0.6) is 0 Å². The smallest absolute Gasteiger partial charge is 0.387 e. The third kappa shape index (κ3) is 50.3. The van der Waals surface area contributed by atoms with Crippen LogP contribution < -0.4 is 5.32 Å². The number of carbonyl (C=O) groups is 1. The average Bonchev–Trinajstić information content (AvgIpc) is 3.28. The second-order valence-corrected chi connectivity index (χ2v) is 21.8. The van der Waals surface area contributed by atoms with Gasteiger partial charge in [0.15, 0.2) is 0 Å². The Hall–Kier alpha value is -1.54. The van der Waals surface area contributed by atoms with Gasteiger partial charge < -0.3 is 19.8 Å². The molecule has 0 rings (SSSR count). The van der Waals surface area contributed by atoms with Crippen LogP contribution in [0, 0.1) is 0 Å². The van der Waals surface area contributed by atoms with Gasteiger partial charge in [0.1, 0.15) is 13.2 Å². The first-order valence-electron chi connectivity index (χ1n) is 28.0. The van der Waals surface area contributed by atoms with Gasteiger partial charge in [0.05, 0.1) is 39.9 Å². The highest BCUT2D eigenvalue weighted by Crippen LogP contribution is 2.43. The Bertz CT molecular complexity index is 1210. The Kier molecular flexibility index (Phi) is 47.4. The van der Waals surface area contributed by atoms with Crippen LogP contribution in [-0.4, -0.2) is 73.4 Å². The Morgan fingerprint density at radius 1 is 0.515 bits per heavy atom. The van der Waals surface area contributed by atoms with E-state index in [0.29, 0.717) is 17.4 Å². The van der Waals surface area contributed by atoms with E-state index in [9.17, 15) is 19.4 Å². The summed E-state index contributed by atoms with van der Waals surface area (Å²) < 4.78 is 23.7. The number of rotatable bonds is 51. The lowest BCUT2D eigenvalue weighted by molar-refractivity contribution is -0.870. The van der Waals surface area contributed by atoms with Gasteiger partial charge >= 0.3 is 7.82 Å². The van der Waals surface area contributed by atoms with Gasteiger partial charge in [-0.05, 0) is 64.2 Å². The fraction of sp³-hybridized carbons (Fsp3) is 0.842. The molecule has 0 fully saturated rings. The van der Waals surface area contributed by atoms with Crippen molar-refractivity contribution in [2.75, 3.05) is 40.9 Å². The molecule has 0 aromatic heterocycles. The number of allylic oxidation sites excluding steroid dienone is 7. The van der Waals surface area contributed by atoms with E-state index in [0.717, 1.165) is 44.9 Å². The Morgan fingerprint density at radius 3 is 1.30 bits per heavy atom. The number of aliphatic hydroxyl groups excluding tert-OH is 1. The molecule has 388 valence electrons. The molecule has 3 unspecified atom stereocenters. The van der Waals surface area contributed by atoms with Crippen LogP contribution in [0.4, 0.5) is 0 Å². The fourth-order valence-corrected chi connectivity index (χ4v) is 8.82. The summed E-state index contributed by atoms with van der Waals surface area (Å²) in [6.45, 7) is 4.80. The normalized spacial score (nSPS) is 14.3. The molecule has 66 heavy (non-hydrogen) atoms. The monoisotopic (exact) mass is 950 g/mol. The average molecular weight is 950 g/mol. The summed E-state index contributed by atoms with van der Waals surface area (Å²) in [7, 11) is 1.55. The first-order chi connectivity index (χ1) is 32.0. The first-order valence-corrected chi connectivity index (χ1v) is 29.5. The molecule has 8 nitrogen and oxygen atoms in total. The van der Waals surface area contributed by atoms with E-state index in [-0.39, 0.29) is 19.1 Å². The number of carbonyl (C=O) groups excluding carboxylic acids is 1. The summed E-state index contributed by atoms with van der Waals surface area (Å²) >= 11 is 0. The summed E-state index contributed by atoms with van der Waals surface area (Å²) in [6.07, 6.45) is 63.5. The number of phosphoric ester groups is 1. The van der Waals surface area contributed by atoms with Gasteiger partial charge in [-0.3, -0.25) is 13.8 Å². The van der Waals surface area contributed by atoms with Crippen molar-refractivity contribution in [3.63, 3.8) is 0 Å². The predicted molar refractivity (Wildman–Crippen MR) is 286 cm³/mol. The van der Waals surface area contributed by atoms with E-state index < -0.39 is 20.0 Å². The fourth-order valence-electron chi connectivity index (χ4n) is 8.09. The van der Waals surface area contributed by atoms with Crippen LogP contribution in [0.2, 0.25) is 0 Å². The molecular formula is C57H110N2O6P+. The summed E-state index contributed by atoms with van der Waals surface area (Å²) in [6, 6.07) is -0.867. The zero-order chi connectivity index (χ0) is 48.5. The second kappa shape index (κ2) is 48.5. The third-order valence-electron chi connectivity index (χ3n) is 12.5. The zero-order valence-electron chi connectivity index (χ0n) is 44.2. The molecule has 0 aromatic rings. The van der Waals surface area contributed by atoms with Gasteiger partial charge in [-0.25, -0.2) is 4.57 Å². The molecule has 0 saturated carbocycles. The van der Waals surface area contributed by atoms with Crippen molar-refractivity contribution in [1.82, 2.24) is 5.32 Å². The van der Waals surface area contributed by atoms with Crippen molar-refractivity contribution in [2.45, 2.75) is 270 Å². The van der Waals surface area contributed by atoms with Gasteiger partial charge in [-0.15, -0.1) is 0 Å². The number of hydrogen-bond acceptors (Lipinski definition) is 5. The molecule has 0 heterocycles. The Balaban J connectivity index is 4.30. The summed E-state index contributed by atoms with van der Waals surface area (Å²) in [5.74, 6) is -0.190. The molecule has 3 N–H and O–H groups in total. The molecule has 3 atom stereocenters. The molecule has 0 spiro atoms. The van der Waals surface area contributed by atoms with Gasteiger partial charge in [-0.1, -0.05) is 236 Å². The molecule has 0 aliphatic carbocycles. The van der Waals surface area contributed by atoms with Crippen LogP contribution in [-0.2, 0) is 18.4 Å². The summed E-state index contributed by atoms with van der Waals surface area (Å²) in [5, 5.41) is 13.9. The molecule has 0 saturated heterocycles. The van der Waals surface area contributed by atoms with Crippen molar-refractivity contribution in [2.24, 2.45) is 0 Å². The molecule has 1 amide bonds. The van der Waals surface area contributed by atoms with E-state index in [2.05, 4.69) is 55.6 Å². The first kappa shape index (κ1) is 64.5. The lowest BCUT2D eigenvalue weighted by Gasteiger charge is -2.25. The number of nitrogens with zero attached hydrogens (tertiary/aromatic N) is 1. The summed E-state index contributed by atoms with van der Waals surface area (Å²) in [5.41, 5.74) is 0. The minimum Gasteiger partial charge on any atom is -0.387 e. The van der Waals surface area contributed by atoms with Crippen LogP contribution in [0.1, 0.15) is 258 Å². The highest BCUT2D eigenvalue weighted by atomic mass is 31.2. The molecule has 9 heteroatoms. The minimum absolute atomic E-state index is 0.0546. The standard InChI is InChI=1S/C57H109N2O6P/c1-6-8-10-12-14-16-18-20-22-24-26-28-29-31-32-34-36-38-40-42-44-46-48-50-56(60)55(54-65-66(62,63)64-53-52-59(3,4)5)58-57(61)51-49-47-45-43-41-39-37-35-33-30-27-25-23-21-19-17-15-13-11-9-7-2/h19,21,25,27,40,42,48,50,55-56,60H,6-18,20,22-24,26,28-39,41,43-47,49,51-54H2,1-5H3,(H-,58,61,62,63)/p+1/b21-19-,27-25-,42-40+,50-48+. The Morgan fingerprint density at radius 2 is 0.879 bits per heavy atom. The van der Waals surface area contributed by atoms with Gasteiger partial charge in [0.2, 0.25) is 5.91 Å². The molecule has 0 aliphatic rings. The highest BCUT2D eigenvalue weighted by Gasteiger charge is 2.27. The molecule has 0 bridgehead atoms. The van der Waals surface area contributed by atoms with E-state index in [1.165, 1.54) is 193 Å². The maximum atomic E-state index is 13.0. The quantitative estimate of drug-likeness (QED) is 0.0243. The highest BCUT2D eigenvalue weighted by molar-refractivity contribution is 7.47. The van der Waals surface area contributed by atoms with E-state index >= 15 is 0 Å². The number of phosphoric acid groups is 1.